The summed E-state index contributed by atoms with van der Waals surface area (Å²) < 4.78 is 27.6. The quantitative estimate of drug-likeness (QED) is 0.614. The topological polar surface area (TPSA) is 93.7 Å². The van der Waals surface area contributed by atoms with Gasteiger partial charge in [-0.05, 0) is 13.8 Å². The van der Waals surface area contributed by atoms with Gasteiger partial charge in [-0.1, -0.05) is 4.89 Å². The average Bonchev–Trinajstić information content (AvgIpc) is 1.81. The maximum absolute atomic E-state index is 10.8. The number of nitrogens with one attached hydrogen (secondary N) is 2. The van der Waals surface area contributed by atoms with Crippen molar-refractivity contribution < 1.29 is 22.8 Å². The maximum Gasteiger partial charge on any atom is 0.422 e. The molecule has 7 nitrogen and oxygen atoms in total. The van der Waals surface area contributed by atoms with E-state index >= 15 is 0 Å². The molecule has 0 aliphatic rings. The number of hydrogen-bond acceptors (Lipinski definition) is 5. The minimum atomic E-state index is -3.97. The van der Waals surface area contributed by atoms with Gasteiger partial charge in [0.15, 0.2) is 0 Å². The Morgan fingerprint density at radius 3 is 2.31 bits per heavy atom. The fourth-order valence-corrected chi connectivity index (χ4v) is 1.01. The Hall–Kier alpha value is -0.860. The minimum Gasteiger partial charge on any atom is -0.446 e. The summed E-state index contributed by atoms with van der Waals surface area (Å²) in [5.41, 5.74) is 0. The molecule has 1 amide bonds. The smallest absolute Gasteiger partial charge is 0.422 e. The predicted molar refractivity (Wildman–Crippen MR) is 43.8 cm³/mol. The van der Waals surface area contributed by atoms with Crippen molar-refractivity contribution in [2.45, 2.75) is 20.0 Å². The first-order valence-corrected chi connectivity index (χ1v) is 4.89. The first-order valence-electron chi connectivity index (χ1n) is 3.40. The van der Waals surface area contributed by atoms with Crippen LogP contribution in [0, 0.1) is 0 Å². The third-order valence-corrected chi connectivity index (χ3v) is 1.57. The highest BCUT2D eigenvalue weighted by atomic mass is 32.2. The van der Waals surface area contributed by atoms with E-state index in [2.05, 4.69) is 9.57 Å². The summed E-state index contributed by atoms with van der Waals surface area (Å²) >= 11 is 0. The van der Waals surface area contributed by atoms with Crippen molar-refractivity contribution in [3.63, 3.8) is 0 Å². The van der Waals surface area contributed by atoms with E-state index in [4.69, 9.17) is 0 Å². The molecule has 0 unspecified atom stereocenters. The van der Waals surface area contributed by atoms with Crippen molar-refractivity contribution in [3.05, 3.63) is 0 Å². The molecule has 8 heteroatoms. The number of amides is 1. The summed E-state index contributed by atoms with van der Waals surface area (Å²) in [4.78, 5) is 16.4. The van der Waals surface area contributed by atoms with Gasteiger partial charge in [0.25, 0.3) is 0 Å². The van der Waals surface area contributed by atoms with Gasteiger partial charge in [0.2, 0.25) is 0 Å². The second-order valence-electron chi connectivity index (χ2n) is 2.35. The third-order valence-electron chi connectivity index (χ3n) is 0.753. The van der Waals surface area contributed by atoms with Crippen LogP contribution in [0.1, 0.15) is 13.8 Å². The van der Waals surface area contributed by atoms with E-state index in [0.717, 1.165) is 7.11 Å². The Balaban J connectivity index is 4.05. The number of ether oxygens (including phenoxy) is 1. The lowest BCUT2D eigenvalue weighted by Crippen LogP contribution is -2.40. The summed E-state index contributed by atoms with van der Waals surface area (Å²) in [5.74, 6) is 0. The molecular weight excluding hydrogens is 200 g/mol. The number of hydrogen-bond donors (Lipinski definition) is 2. The van der Waals surface area contributed by atoms with Gasteiger partial charge in [-0.15, -0.1) is 0 Å². The summed E-state index contributed by atoms with van der Waals surface area (Å²) in [6.07, 6.45) is -1.45. The van der Waals surface area contributed by atoms with E-state index in [1.54, 1.807) is 23.5 Å². The minimum absolute atomic E-state index is 0.391. The van der Waals surface area contributed by atoms with E-state index in [0.29, 0.717) is 0 Å². The van der Waals surface area contributed by atoms with Gasteiger partial charge in [0.1, 0.15) is 0 Å². The van der Waals surface area contributed by atoms with Gasteiger partial charge >= 0.3 is 16.3 Å². The lowest BCUT2D eigenvalue weighted by molar-refractivity contribution is 0.118. The average molecular weight is 212 g/mol. The molecule has 0 bridgehead atoms. The Bertz CT molecular complexity index is 260. The SMILES string of the molecule is CONS(=O)(=O)NC(=O)OC(C)C. The molecule has 0 aliphatic carbocycles. The highest BCUT2D eigenvalue weighted by molar-refractivity contribution is 7.87. The van der Waals surface area contributed by atoms with Crippen molar-refractivity contribution in [3.8, 4) is 0 Å². The number of rotatable bonds is 4. The summed E-state index contributed by atoms with van der Waals surface area (Å²) in [6.45, 7) is 3.19. The van der Waals surface area contributed by atoms with Crippen LogP contribution in [-0.4, -0.2) is 27.7 Å². The molecular formula is C5H12N2O5S. The normalized spacial score (nSPS) is 11.4. The van der Waals surface area contributed by atoms with Gasteiger partial charge in [0, 0.05) is 0 Å². The molecule has 0 heterocycles. The summed E-state index contributed by atoms with van der Waals surface area (Å²) in [7, 11) is -2.87. The van der Waals surface area contributed by atoms with Crippen LogP contribution in [0.3, 0.4) is 0 Å². The van der Waals surface area contributed by atoms with E-state index in [1.165, 1.54) is 0 Å². The van der Waals surface area contributed by atoms with Crippen molar-refractivity contribution in [1.82, 2.24) is 9.61 Å². The van der Waals surface area contributed by atoms with Crippen molar-refractivity contribution in [1.29, 1.82) is 0 Å². The number of carbonyl (C=O) groups excluding carboxylic acids is 1. The molecule has 13 heavy (non-hydrogen) atoms. The second kappa shape index (κ2) is 5.00. The van der Waals surface area contributed by atoms with E-state index < -0.39 is 22.4 Å². The van der Waals surface area contributed by atoms with Crippen LogP contribution in [-0.2, 0) is 19.8 Å². The first-order chi connectivity index (χ1) is 5.87. The molecule has 0 aromatic carbocycles. The van der Waals surface area contributed by atoms with Crippen LogP contribution in [0.15, 0.2) is 0 Å². The molecule has 78 valence electrons. The van der Waals surface area contributed by atoms with Crippen LogP contribution in [0.4, 0.5) is 4.79 Å². The lowest BCUT2D eigenvalue weighted by atomic mass is 10.5. The molecule has 0 spiro atoms. The Morgan fingerprint density at radius 2 is 1.92 bits per heavy atom. The zero-order valence-electron chi connectivity index (χ0n) is 7.53. The highest BCUT2D eigenvalue weighted by Gasteiger charge is 2.15. The molecule has 0 aromatic heterocycles. The van der Waals surface area contributed by atoms with Gasteiger partial charge in [0.05, 0.1) is 13.2 Å². The molecule has 0 atom stereocenters. The molecule has 0 saturated heterocycles. The Morgan fingerprint density at radius 1 is 1.38 bits per heavy atom. The summed E-state index contributed by atoms with van der Waals surface area (Å²) in [6, 6.07) is 0. The van der Waals surface area contributed by atoms with E-state index in [1.807, 2.05) is 0 Å². The van der Waals surface area contributed by atoms with Crippen molar-refractivity contribution in [2.24, 2.45) is 0 Å². The van der Waals surface area contributed by atoms with Gasteiger partial charge in [-0.25, -0.2) is 9.52 Å². The Labute approximate surface area is 76.5 Å². The summed E-state index contributed by atoms with van der Waals surface area (Å²) in [5, 5.41) is 0. The molecule has 2 N–H and O–H groups in total. The van der Waals surface area contributed by atoms with Crippen LogP contribution in [0.25, 0.3) is 0 Å². The molecule has 0 fully saturated rings. The van der Waals surface area contributed by atoms with E-state index in [9.17, 15) is 13.2 Å². The van der Waals surface area contributed by atoms with Crippen LogP contribution < -0.4 is 9.61 Å². The monoisotopic (exact) mass is 212 g/mol. The number of carbonyl (C=O) groups is 1. The fraction of sp³-hybridized carbons (Fsp3) is 0.800. The van der Waals surface area contributed by atoms with Crippen LogP contribution >= 0.6 is 0 Å². The first kappa shape index (κ1) is 12.1. The third kappa shape index (κ3) is 6.31. The van der Waals surface area contributed by atoms with Crippen molar-refractivity contribution in [2.75, 3.05) is 7.11 Å². The molecule has 0 aromatic rings. The molecule has 0 radical (unpaired) electrons. The van der Waals surface area contributed by atoms with Gasteiger partial charge < -0.3 is 4.74 Å². The van der Waals surface area contributed by atoms with Crippen molar-refractivity contribution >= 4 is 16.3 Å². The molecule has 0 saturated carbocycles. The van der Waals surface area contributed by atoms with E-state index in [-0.39, 0.29) is 0 Å². The standard InChI is InChI=1S/C5H12N2O5S/c1-4(2)12-5(8)6-13(9,10)7-11-3/h4,7H,1-3H3,(H,6,8). The zero-order valence-corrected chi connectivity index (χ0v) is 8.34. The highest BCUT2D eigenvalue weighted by Crippen LogP contribution is 1.89. The zero-order chi connectivity index (χ0) is 10.5. The lowest BCUT2D eigenvalue weighted by Gasteiger charge is -2.09. The van der Waals surface area contributed by atoms with Crippen LogP contribution in [0.2, 0.25) is 0 Å². The largest absolute Gasteiger partial charge is 0.446 e. The molecule has 0 aliphatic heterocycles. The van der Waals surface area contributed by atoms with Gasteiger partial charge in [-0.3, -0.25) is 4.84 Å². The second-order valence-corrected chi connectivity index (χ2v) is 3.72. The predicted octanol–water partition coefficient (Wildman–Crippen LogP) is -0.483. The fourth-order valence-electron chi connectivity index (χ4n) is 0.478. The van der Waals surface area contributed by atoms with Crippen LogP contribution in [0.5, 0.6) is 0 Å². The molecule has 0 rings (SSSR count). The maximum atomic E-state index is 10.8. The Kier molecular flexibility index (Phi) is 4.67. The van der Waals surface area contributed by atoms with Gasteiger partial charge in [-0.2, -0.15) is 8.42 Å².